The van der Waals surface area contributed by atoms with E-state index in [1.54, 1.807) is 6.07 Å². The van der Waals surface area contributed by atoms with Gasteiger partial charge in [0.05, 0.1) is 23.4 Å². The Hall–Kier alpha value is -1.24. The molecule has 4 nitrogen and oxygen atoms in total. The van der Waals surface area contributed by atoms with Crippen molar-refractivity contribution >= 4 is 26.7 Å². The first-order valence-electron chi connectivity index (χ1n) is 6.91. The van der Waals surface area contributed by atoms with Crippen LogP contribution in [0.2, 0.25) is 0 Å². The molecular formula is C14H18FN3OS. The Labute approximate surface area is 121 Å². The summed E-state index contributed by atoms with van der Waals surface area (Å²) >= 11 is 1.50. The van der Waals surface area contributed by atoms with Crippen LogP contribution >= 0.6 is 11.3 Å². The molecule has 108 valence electrons. The minimum atomic E-state index is -0.208. The van der Waals surface area contributed by atoms with Crippen molar-refractivity contribution in [1.29, 1.82) is 0 Å². The van der Waals surface area contributed by atoms with Crippen molar-refractivity contribution in [3.8, 4) is 0 Å². The summed E-state index contributed by atoms with van der Waals surface area (Å²) in [5, 5.41) is 4.19. The van der Waals surface area contributed by atoms with Crippen LogP contribution in [-0.2, 0) is 4.74 Å². The van der Waals surface area contributed by atoms with Crippen molar-refractivity contribution < 1.29 is 9.13 Å². The molecule has 1 N–H and O–H groups in total. The normalized spacial score (nSPS) is 16.6. The Balaban J connectivity index is 1.47. The maximum Gasteiger partial charge on any atom is 0.183 e. The molecule has 2 aromatic rings. The first kappa shape index (κ1) is 13.7. The zero-order chi connectivity index (χ0) is 13.8. The summed E-state index contributed by atoms with van der Waals surface area (Å²) in [5.41, 5.74) is 0.854. The van der Waals surface area contributed by atoms with Gasteiger partial charge in [0.1, 0.15) is 5.82 Å². The zero-order valence-corrected chi connectivity index (χ0v) is 12.1. The monoisotopic (exact) mass is 295 g/mol. The third-order valence-electron chi connectivity index (χ3n) is 3.38. The number of aromatic nitrogens is 1. The van der Waals surface area contributed by atoms with E-state index in [2.05, 4.69) is 15.2 Å². The SMILES string of the molecule is Fc1ccc2nc(NCCCN3CCOCC3)sc2c1. The third-order valence-corrected chi connectivity index (χ3v) is 4.36. The number of hydrogen-bond acceptors (Lipinski definition) is 5. The molecule has 1 aromatic heterocycles. The molecule has 1 aromatic carbocycles. The standard InChI is InChI=1S/C14H18FN3OS/c15-11-2-3-12-13(10-11)20-14(17-12)16-4-1-5-18-6-8-19-9-7-18/h2-3,10H,1,4-9H2,(H,16,17). The molecule has 1 fully saturated rings. The van der Waals surface area contributed by atoms with Gasteiger partial charge in [-0.3, -0.25) is 4.90 Å². The molecule has 1 aliphatic rings. The Morgan fingerprint density at radius 1 is 1.35 bits per heavy atom. The van der Waals surface area contributed by atoms with E-state index in [0.717, 1.165) is 61.2 Å². The van der Waals surface area contributed by atoms with E-state index in [1.165, 1.54) is 23.5 Å². The van der Waals surface area contributed by atoms with Gasteiger partial charge in [-0.05, 0) is 31.2 Å². The number of halogens is 1. The number of morpholine rings is 1. The van der Waals surface area contributed by atoms with Crippen LogP contribution in [0.5, 0.6) is 0 Å². The minimum absolute atomic E-state index is 0.208. The van der Waals surface area contributed by atoms with Crippen molar-refractivity contribution in [2.24, 2.45) is 0 Å². The van der Waals surface area contributed by atoms with Gasteiger partial charge >= 0.3 is 0 Å². The van der Waals surface area contributed by atoms with Crippen molar-refractivity contribution in [1.82, 2.24) is 9.88 Å². The fraction of sp³-hybridized carbons (Fsp3) is 0.500. The molecule has 0 atom stereocenters. The summed E-state index contributed by atoms with van der Waals surface area (Å²) in [6.07, 6.45) is 1.07. The highest BCUT2D eigenvalue weighted by Gasteiger charge is 2.09. The second kappa shape index (κ2) is 6.47. The van der Waals surface area contributed by atoms with Crippen LogP contribution < -0.4 is 5.32 Å². The number of anilines is 1. The number of fused-ring (bicyclic) bond motifs is 1. The smallest absolute Gasteiger partial charge is 0.183 e. The highest BCUT2D eigenvalue weighted by atomic mass is 32.1. The van der Waals surface area contributed by atoms with Crippen LogP contribution in [0, 0.1) is 5.82 Å². The summed E-state index contributed by atoms with van der Waals surface area (Å²) in [7, 11) is 0. The molecule has 0 unspecified atom stereocenters. The predicted molar refractivity (Wildman–Crippen MR) is 79.9 cm³/mol. The maximum absolute atomic E-state index is 13.1. The number of thiazole rings is 1. The Morgan fingerprint density at radius 3 is 3.05 bits per heavy atom. The number of benzene rings is 1. The van der Waals surface area contributed by atoms with E-state index in [1.807, 2.05) is 0 Å². The number of nitrogens with one attached hydrogen (secondary N) is 1. The van der Waals surface area contributed by atoms with Gasteiger partial charge in [-0.15, -0.1) is 0 Å². The van der Waals surface area contributed by atoms with E-state index < -0.39 is 0 Å². The summed E-state index contributed by atoms with van der Waals surface area (Å²) < 4.78 is 19.3. The Kier molecular flexibility index (Phi) is 4.44. The fourth-order valence-corrected chi connectivity index (χ4v) is 3.21. The number of rotatable bonds is 5. The third kappa shape index (κ3) is 3.45. The first-order valence-corrected chi connectivity index (χ1v) is 7.73. The summed E-state index contributed by atoms with van der Waals surface area (Å²) in [6.45, 7) is 5.71. The molecule has 20 heavy (non-hydrogen) atoms. The lowest BCUT2D eigenvalue weighted by Gasteiger charge is -2.26. The molecule has 0 radical (unpaired) electrons. The lowest BCUT2D eigenvalue weighted by Crippen LogP contribution is -2.37. The van der Waals surface area contributed by atoms with Crippen LogP contribution in [0.3, 0.4) is 0 Å². The molecule has 0 spiro atoms. The topological polar surface area (TPSA) is 37.4 Å². The minimum Gasteiger partial charge on any atom is -0.379 e. The lowest BCUT2D eigenvalue weighted by molar-refractivity contribution is 0.0378. The molecule has 6 heteroatoms. The molecule has 0 bridgehead atoms. The van der Waals surface area contributed by atoms with Gasteiger partial charge in [-0.2, -0.15) is 0 Å². The largest absolute Gasteiger partial charge is 0.379 e. The van der Waals surface area contributed by atoms with Crippen LogP contribution in [0.4, 0.5) is 9.52 Å². The van der Waals surface area contributed by atoms with Crippen LogP contribution in [-0.4, -0.2) is 49.3 Å². The van der Waals surface area contributed by atoms with Gasteiger partial charge in [-0.1, -0.05) is 11.3 Å². The molecule has 2 heterocycles. The zero-order valence-electron chi connectivity index (χ0n) is 11.3. The predicted octanol–water partition coefficient (Wildman–Crippen LogP) is 2.57. The fourth-order valence-electron chi connectivity index (χ4n) is 2.30. The molecule has 3 rings (SSSR count). The van der Waals surface area contributed by atoms with Gasteiger partial charge in [0.15, 0.2) is 5.13 Å². The quantitative estimate of drug-likeness (QED) is 0.860. The van der Waals surface area contributed by atoms with Crippen LogP contribution in [0.1, 0.15) is 6.42 Å². The van der Waals surface area contributed by atoms with Crippen molar-refractivity contribution in [2.45, 2.75) is 6.42 Å². The maximum atomic E-state index is 13.1. The highest BCUT2D eigenvalue weighted by Crippen LogP contribution is 2.26. The van der Waals surface area contributed by atoms with Crippen molar-refractivity contribution in [2.75, 3.05) is 44.7 Å². The van der Waals surface area contributed by atoms with Gasteiger partial charge in [0.2, 0.25) is 0 Å². The van der Waals surface area contributed by atoms with E-state index in [4.69, 9.17) is 4.74 Å². The number of hydrogen-bond donors (Lipinski definition) is 1. The molecule has 0 saturated carbocycles. The van der Waals surface area contributed by atoms with E-state index in [-0.39, 0.29) is 5.82 Å². The number of ether oxygens (including phenoxy) is 1. The van der Waals surface area contributed by atoms with Crippen LogP contribution in [0.25, 0.3) is 10.2 Å². The molecule has 0 aliphatic carbocycles. The highest BCUT2D eigenvalue weighted by molar-refractivity contribution is 7.22. The van der Waals surface area contributed by atoms with E-state index in [9.17, 15) is 4.39 Å². The summed E-state index contributed by atoms with van der Waals surface area (Å²) in [4.78, 5) is 6.86. The van der Waals surface area contributed by atoms with Crippen LogP contribution in [0.15, 0.2) is 18.2 Å². The average Bonchev–Trinajstić information content (AvgIpc) is 2.86. The molecule has 1 aliphatic heterocycles. The van der Waals surface area contributed by atoms with Gasteiger partial charge in [0.25, 0.3) is 0 Å². The van der Waals surface area contributed by atoms with E-state index >= 15 is 0 Å². The van der Waals surface area contributed by atoms with Gasteiger partial charge in [0, 0.05) is 19.6 Å². The second-order valence-electron chi connectivity index (χ2n) is 4.87. The average molecular weight is 295 g/mol. The van der Waals surface area contributed by atoms with Crippen molar-refractivity contribution in [3.05, 3.63) is 24.0 Å². The Morgan fingerprint density at radius 2 is 2.20 bits per heavy atom. The van der Waals surface area contributed by atoms with E-state index in [0.29, 0.717) is 0 Å². The van der Waals surface area contributed by atoms with Gasteiger partial charge < -0.3 is 10.1 Å². The first-order chi connectivity index (χ1) is 9.81. The molecule has 1 saturated heterocycles. The van der Waals surface area contributed by atoms with Crippen molar-refractivity contribution in [3.63, 3.8) is 0 Å². The second-order valence-corrected chi connectivity index (χ2v) is 5.90. The molecular weight excluding hydrogens is 277 g/mol. The summed E-state index contributed by atoms with van der Waals surface area (Å²) in [6, 6.07) is 4.70. The van der Waals surface area contributed by atoms with Gasteiger partial charge in [-0.25, -0.2) is 9.37 Å². The number of nitrogens with zero attached hydrogens (tertiary/aromatic N) is 2. The molecule has 0 amide bonds. The Bertz CT molecular complexity index is 569. The summed E-state index contributed by atoms with van der Waals surface area (Å²) in [5.74, 6) is -0.208. The lowest BCUT2D eigenvalue weighted by atomic mass is 10.3.